The zero-order valence-corrected chi connectivity index (χ0v) is 18.1. The van der Waals surface area contributed by atoms with E-state index in [1.807, 2.05) is 35.2 Å². The number of Topliss-reactive ketones (excluding diaryl/α,β-unsaturated/α-hetero) is 1. The summed E-state index contributed by atoms with van der Waals surface area (Å²) in [6.45, 7) is 1.64. The van der Waals surface area contributed by atoms with Gasteiger partial charge in [-0.2, -0.15) is 0 Å². The number of hydrogen-bond donors (Lipinski definition) is 1. The lowest BCUT2D eigenvalue weighted by Crippen LogP contribution is -2.47. The fraction of sp³-hybridized carbons (Fsp3) is 0.292. The number of nitrogens with zero attached hydrogens (tertiary/aromatic N) is 3. The monoisotopic (exact) mass is 447 g/mol. The van der Waals surface area contributed by atoms with E-state index < -0.39 is 11.7 Å². The van der Waals surface area contributed by atoms with Gasteiger partial charge in [-0.25, -0.2) is 9.69 Å². The Morgan fingerprint density at radius 2 is 1.79 bits per heavy atom. The summed E-state index contributed by atoms with van der Waals surface area (Å²) in [5, 5.41) is 2.63. The fourth-order valence-corrected chi connectivity index (χ4v) is 4.28. The van der Waals surface area contributed by atoms with Crippen LogP contribution in [0.1, 0.15) is 42.2 Å². The van der Waals surface area contributed by atoms with Crippen LogP contribution >= 0.6 is 0 Å². The van der Waals surface area contributed by atoms with Crippen LogP contribution in [0.25, 0.3) is 5.69 Å². The summed E-state index contributed by atoms with van der Waals surface area (Å²) < 4.78 is 6.62. The number of H-pyrrole nitrogens is 1. The Bertz CT molecular complexity index is 1270. The molecule has 2 heterocycles. The number of carbonyl (C=O) groups excluding carboxylic acids is 3. The van der Waals surface area contributed by atoms with Crippen molar-refractivity contribution in [2.75, 3.05) is 4.90 Å². The normalized spacial score (nSPS) is 18.4. The van der Waals surface area contributed by atoms with Crippen molar-refractivity contribution in [1.29, 1.82) is 0 Å². The summed E-state index contributed by atoms with van der Waals surface area (Å²) in [7, 11) is 0. The number of ketones is 1. The predicted molar refractivity (Wildman–Crippen MR) is 117 cm³/mol. The first kappa shape index (κ1) is 21.0. The van der Waals surface area contributed by atoms with Gasteiger partial charge in [-0.05, 0) is 54.0 Å². The SMILES string of the molecule is CC(=O)c1ccc(N2C(=O)CC(N(Cc3c(=O)o[nH][n+]3-c3ccccc3)C3CC3)C2=O)cc1. The van der Waals surface area contributed by atoms with Crippen LogP contribution in [0.5, 0.6) is 0 Å². The largest absolute Gasteiger partial charge is 0.431 e. The molecule has 2 fully saturated rings. The summed E-state index contributed by atoms with van der Waals surface area (Å²) in [6.07, 6.45) is 1.82. The molecule has 2 amide bonds. The number of hydrogen-bond acceptors (Lipinski definition) is 6. The molecule has 33 heavy (non-hydrogen) atoms. The minimum absolute atomic E-state index is 0.0326. The van der Waals surface area contributed by atoms with E-state index in [-0.39, 0.29) is 36.6 Å². The number of rotatable bonds is 7. The molecule has 2 aliphatic rings. The molecule has 1 aliphatic heterocycles. The van der Waals surface area contributed by atoms with E-state index in [1.54, 1.807) is 28.9 Å². The Kier molecular flexibility index (Phi) is 5.26. The lowest BCUT2D eigenvalue weighted by atomic mass is 10.1. The lowest BCUT2D eigenvalue weighted by Gasteiger charge is -2.25. The maximum absolute atomic E-state index is 13.4. The van der Waals surface area contributed by atoms with Crippen LogP contribution in [0.4, 0.5) is 5.69 Å². The van der Waals surface area contributed by atoms with E-state index in [0.717, 1.165) is 18.5 Å². The number of para-hydroxylation sites is 1. The van der Waals surface area contributed by atoms with Crippen LogP contribution in [0, 0.1) is 0 Å². The van der Waals surface area contributed by atoms with Crippen molar-refractivity contribution in [3.05, 3.63) is 76.3 Å². The van der Waals surface area contributed by atoms with Crippen molar-refractivity contribution in [2.24, 2.45) is 0 Å². The molecule has 0 radical (unpaired) electrons. The van der Waals surface area contributed by atoms with Gasteiger partial charge >= 0.3 is 11.3 Å². The van der Waals surface area contributed by atoms with E-state index in [1.165, 1.54) is 11.8 Å². The standard InChI is InChI=1S/C24H22N4O5/c1-15(29)16-7-9-18(10-8-16)27-22(30)13-20(23(27)31)26(17-11-12-17)14-21-24(32)33-25-28(21)19-5-3-2-4-6-19/h2-10,17,20H,11-14H2,1H3/p+1. The fourth-order valence-electron chi connectivity index (χ4n) is 4.28. The van der Waals surface area contributed by atoms with Gasteiger partial charge in [-0.3, -0.25) is 23.8 Å². The maximum Gasteiger partial charge on any atom is 0.431 e. The van der Waals surface area contributed by atoms with Gasteiger partial charge in [0.15, 0.2) is 5.78 Å². The molecule has 9 nitrogen and oxygen atoms in total. The molecule has 0 spiro atoms. The number of benzene rings is 2. The van der Waals surface area contributed by atoms with Crippen molar-refractivity contribution in [3.63, 3.8) is 0 Å². The molecule has 1 aromatic heterocycles. The van der Waals surface area contributed by atoms with Crippen molar-refractivity contribution in [2.45, 2.75) is 44.8 Å². The molecule has 168 valence electrons. The molecule has 1 unspecified atom stereocenters. The molecule has 3 aromatic rings. The first-order chi connectivity index (χ1) is 15.9. The number of nitrogens with one attached hydrogen (secondary N) is 1. The van der Waals surface area contributed by atoms with Gasteiger partial charge in [-0.1, -0.05) is 18.2 Å². The van der Waals surface area contributed by atoms with Crippen LogP contribution < -0.4 is 15.2 Å². The molecule has 1 aliphatic carbocycles. The molecule has 1 saturated carbocycles. The average molecular weight is 447 g/mol. The number of aromatic nitrogens is 2. The van der Waals surface area contributed by atoms with Gasteiger partial charge in [0.25, 0.3) is 5.91 Å². The van der Waals surface area contributed by atoms with Gasteiger partial charge in [0.05, 0.1) is 24.7 Å². The molecule has 5 rings (SSSR count). The van der Waals surface area contributed by atoms with Crippen LogP contribution in [-0.2, 0) is 16.1 Å². The summed E-state index contributed by atoms with van der Waals surface area (Å²) in [4.78, 5) is 53.3. The number of aromatic amines is 1. The van der Waals surface area contributed by atoms with Gasteiger partial charge in [0.2, 0.25) is 11.6 Å². The zero-order chi connectivity index (χ0) is 23.1. The highest BCUT2D eigenvalue weighted by atomic mass is 16.5. The second-order valence-corrected chi connectivity index (χ2v) is 8.39. The van der Waals surface area contributed by atoms with Gasteiger partial charge in [-0.15, -0.1) is 0 Å². The Hall–Kier alpha value is -3.85. The van der Waals surface area contributed by atoms with Gasteiger partial charge < -0.3 is 0 Å². The number of anilines is 1. The molecule has 0 bridgehead atoms. The smallest absolute Gasteiger partial charge is 0.295 e. The third-order valence-corrected chi connectivity index (χ3v) is 6.15. The average Bonchev–Trinajstić information content (AvgIpc) is 3.53. The first-order valence-electron chi connectivity index (χ1n) is 10.9. The minimum Gasteiger partial charge on any atom is -0.295 e. The van der Waals surface area contributed by atoms with Crippen molar-refractivity contribution < 1.29 is 23.6 Å². The number of amides is 2. The van der Waals surface area contributed by atoms with Crippen molar-refractivity contribution in [1.82, 2.24) is 10.2 Å². The highest BCUT2D eigenvalue weighted by molar-refractivity contribution is 6.22. The van der Waals surface area contributed by atoms with Crippen LogP contribution in [0.3, 0.4) is 0 Å². The summed E-state index contributed by atoms with van der Waals surface area (Å²) in [6, 6.07) is 15.1. The third-order valence-electron chi connectivity index (χ3n) is 6.15. The minimum atomic E-state index is -0.670. The molecular formula is C24H23N4O5+. The van der Waals surface area contributed by atoms with E-state index in [0.29, 0.717) is 16.9 Å². The molecule has 1 N–H and O–H groups in total. The summed E-state index contributed by atoms with van der Waals surface area (Å²) >= 11 is 0. The highest BCUT2D eigenvalue weighted by Gasteiger charge is 2.48. The second kappa shape index (κ2) is 8.25. The first-order valence-corrected chi connectivity index (χ1v) is 10.9. The van der Waals surface area contributed by atoms with Crippen LogP contribution in [0.15, 0.2) is 63.9 Å². The maximum atomic E-state index is 13.4. The Labute approximate surface area is 189 Å². The molecule has 1 saturated heterocycles. The molecule has 1 atom stereocenters. The van der Waals surface area contributed by atoms with Gasteiger partial charge in [0, 0.05) is 23.7 Å². The van der Waals surface area contributed by atoms with Crippen LogP contribution in [0.2, 0.25) is 0 Å². The Morgan fingerprint density at radius 3 is 2.42 bits per heavy atom. The Balaban J connectivity index is 1.43. The zero-order valence-electron chi connectivity index (χ0n) is 18.1. The van der Waals surface area contributed by atoms with E-state index in [9.17, 15) is 19.2 Å². The topological polar surface area (TPSA) is 108 Å². The molecular weight excluding hydrogens is 424 g/mol. The number of carbonyl (C=O) groups is 3. The predicted octanol–water partition coefficient (Wildman–Crippen LogP) is 1.74. The number of imide groups is 1. The second-order valence-electron chi connectivity index (χ2n) is 8.39. The molecule has 2 aromatic carbocycles. The summed E-state index contributed by atoms with van der Waals surface area (Å²) in [5.74, 6) is -0.715. The highest BCUT2D eigenvalue weighted by Crippen LogP contribution is 2.34. The quantitative estimate of drug-likeness (QED) is 0.336. The van der Waals surface area contributed by atoms with Crippen LogP contribution in [-0.4, -0.2) is 39.9 Å². The van der Waals surface area contributed by atoms with Crippen molar-refractivity contribution >= 4 is 23.3 Å². The Morgan fingerprint density at radius 1 is 1.09 bits per heavy atom. The van der Waals surface area contributed by atoms with E-state index in [4.69, 9.17) is 4.52 Å². The van der Waals surface area contributed by atoms with Gasteiger partial charge in [0.1, 0.15) is 0 Å². The lowest BCUT2D eigenvalue weighted by molar-refractivity contribution is -0.678. The van der Waals surface area contributed by atoms with Crippen molar-refractivity contribution in [3.8, 4) is 5.69 Å². The third kappa shape index (κ3) is 3.91. The molecule has 9 heteroatoms. The summed E-state index contributed by atoms with van der Waals surface area (Å²) in [5.41, 5.74) is 1.53. The van der Waals surface area contributed by atoms with E-state index in [2.05, 4.69) is 5.27 Å². The van der Waals surface area contributed by atoms with E-state index >= 15 is 0 Å².